The first-order chi connectivity index (χ1) is 14.8. The van der Waals surface area contributed by atoms with Gasteiger partial charge in [0, 0.05) is 6.42 Å². The minimum atomic E-state index is 0.260. The van der Waals surface area contributed by atoms with E-state index in [0.29, 0.717) is 0 Å². The van der Waals surface area contributed by atoms with Gasteiger partial charge in [-0.3, -0.25) is 5.01 Å². The molecule has 30 heavy (non-hydrogen) atoms. The van der Waals surface area contributed by atoms with Crippen molar-refractivity contribution in [2.45, 2.75) is 45.1 Å². The highest BCUT2D eigenvalue weighted by atomic mass is 15.5. The van der Waals surface area contributed by atoms with Gasteiger partial charge in [-0.05, 0) is 54.2 Å². The molecule has 1 aliphatic heterocycles. The lowest BCUT2D eigenvalue weighted by Gasteiger charge is -2.25. The summed E-state index contributed by atoms with van der Waals surface area (Å²) in [5.41, 5.74) is 6.41. The van der Waals surface area contributed by atoms with Crippen molar-refractivity contribution >= 4 is 17.5 Å². The molecule has 0 fully saturated rings. The van der Waals surface area contributed by atoms with Crippen molar-refractivity contribution in [1.82, 2.24) is 0 Å². The number of anilines is 1. The smallest absolute Gasteiger partial charge is 0.0797 e. The second-order valence-corrected chi connectivity index (χ2v) is 7.89. The van der Waals surface area contributed by atoms with Crippen LogP contribution in [0.3, 0.4) is 0 Å². The molecular formula is C28H30N2. The van der Waals surface area contributed by atoms with E-state index in [2.05, 4.69) is 109 Å². The number of hydrogen-bond acceptors (Lipinski definition) is 2. The number of hydrogen-bond donors (Lipinski definition) is 0. The summed E-state index contributed by atoms with van der Waals surface area (Å²) in [6.45, 7) is 2.25. The Balaban J connectivity index is 1.70. The summed E-state index contributed by atoms with van der Waals surface area (Å²) in [4.78, 5) is 0. The number of benzene rings is 2. The third-order valence-electron chi connectivity index (χ3n) is 5.69. The van der Waals surface area contributed by atoms with E-state index >= 15 is 0 Å². The molecular weight excluding hydrogens is 364 g/mol. The van der Waals surface area contributed by atoms with Crippen LogP contribution in [-0.2, 0) is 0 Å². The van der Waals surface area contributed by atoms with E-state index in [1.165, 1.54) is 35.3 Å². The van der Waals surface area contributed by atoms with Crippen molar-refractivity contribution in [3.05, 3.63) is 108 Å². The molecule has 2 nitrogen and oxygen atoms in total. The Bertz CT molecular complexity index is 978. The van der Waals surface area contributed by atoms with Gasteiger partial charge >= 0.3 is 0 Å². The van der Waals surface area contributed by atoms with Crippen molar-refractivity contribution in [2.75, 3.05) is 5.01 Å². The zero-order valence-corrected chi connectivity index (χ0v) is 17.7. The number of para-hydroxylation sites is 1. The number of rotatable bonds is 7. The highest BCUT2D eigenvalue weighted by molar-refractivity contribution is 6.06. The van der Waals surface area contributed by atoms with E-state index < -0.39 is 0 Å². The third-order valence-corrected chi connectivity index (χ3v) is 5.69. The molecule has 2 aromatic carbocycles. The Morgan fingerprint density at radius 3 is 2.53 bits per heavy atom. The minimum absolute atomic E-state index is 0.260. The van der Waals surface area contributed by atoms with Crippen molar-refractivity contribution < 1.29 is 0 Å². The first-order valence-electron chi connectivity index (χ1n) is 11.0. The Morgan fingerprint density at radius 2 is 1.77 bits per heavy atom. The SMILES string of the molecule is CCCC/C(=C\c1ccccc1)C1=NN(c2ccccc2)C(C2=CC=CC=CC2)C1. The maximum Gasteiger partial charge on any atom is 0.0797 e. The highest BCUT2D eigenvalue weighted by Gasteiger charge is 2.31. The second-order valence-electron chi connectivity index (χ2n) is 7.89. The average molecular weight is 395 g/mol. The molecule has 0 bridgehead atoms. The molecule has 0 radical (unpaired) electrons. The first-order valence-corrected chi connectivity index (χ1v) is 11.0. The number of hydrazone groups is 1. The molecule has 1 unspecified atom stereocenters. The van der Waals surface area contributed by atoms with Crippen LogP contribution in [0.2, 0.25) is 0 Å². The molecule has 2 heteroatoms. The predicted molar refractivity (Wildman–Crippen MR) is 130 cm³/mol. The molecule has 0 N–H and O–H groups in total. The van der Waals surface area contributed by atoms with Crippen molar-refractivity contribution in [1.29, 1.82) is 0 Å². The molecule has 0 aromatic heterocycles. The van der Waals surface area contributed by atoms with Crippen LogP contribution in [0.4, 0.5) is 5.69 Å². The Hall–Kier alpha value is -3.13. The van der Waals surface area contributed by atoms with E-state index in [9.17, 15) is 0 Å². The maximum atomic E-state index is 5.19. The summed E-state index contributed by atoms with van der Waals surface area (Å²) in [6, 6.07) is 21.5. The second kappa shape index (κ2) is 10.1. The van der Waals surface area contributed by atoms with Gasteiger partial charge in [-0.25, -0.2) is 0 Å². The molecule has 0 saturated carbocycles. The molecule has 1 heterocycles. The quantitative estimate of drug-likeness (QED) is 0.480. The van der Waals surface area contributed by atoms with E-state index in [1.807, 2.05) is 0 Å². The van der Waals surface area contributed by atoms with Crippen LogP contribution < -0.4 is 5.01 Å². The fourth-order valence-electron chi connectivity index (χ4n) is 4.07. The predicted octanol–water partition coefficient (Wildman–Crippen LogP) is 7.34. The normalized spacial score (nSPS) is 18.9. The lowest BCUT2D eigenvalue weighted by atomic mass is 9.93. The molecule has 1 aliphatic carbocycles. The standard InChI is InChI=1S/C28H30N2/c1-2-3-16-25(21-23-14-8-6-9-15-23)27-22-28(24-17-10-4-5-11-18-24)30(29-27)26-19-12-7-13-20-26/h4-15,17,19-21,28H,2-3,16,18,22H2,1H3/b25-21+. The van der Waals surface area contributed by atoms with Gasteiger partial charge in [0.2, 0.25) is 0 Å². The van der Waals surface area contributed by atoms with Crippen LogP contribution in [0, 0.1) is 0 Å². The van der Waals surface area contributed by atoms with Gasteiger partial charge < -0.3 is 0 Å². The van der Waals surface area contributed by atoms with Crippen LogP contribution in [0.5, 0.6) is 0 Å². The fourth-order valence-corrected chi connectivity index (χ4v) is 4.07. The first kappa shape index (κ1) is 20.2. The average Bonchev–Trinajstić information content (AvgIpc) is 3.06. The van der Waals surface area contributed by atoms with E-state index in [1.54, 1.807) is 0 Å². The molecule has 2 aliphatic rings. The molecule has 0 amide bonds. The summed E-state index contributed by atoms with van der Waals surface area (Å²) in [5, 5.41) is 7.42. The summed E-state index contributed by atoms with van der Waals surface area (Å²) >= 11 is 0. The van der Waals surface area contributed by atoms with Crippen LogP contribution in [0.15, 0.2) is 107 Å². The lowest BCUT2D eigenvalue weighted by Crippen LogP contribution is -2.28. The number of allylic oxidation sites excluding steroid dienone is 6. The summed E-state index contributed by atoms with van der Waals surface area (Å²) < 4.78 is 0. The van der Waals surface area contributed by atoms with Crippen molar-refractivity contribution in [3.8, 4) is 0 Å². The van der Waals surface area contributed by atoms with Gasteiger partial charge in [-0.1, -0.05) is 92.3 Å². The maximum absolute atomic E-state index is 5.19. The van der Waals surface area contributed by atoms with Crippen LogP contribution >= 0.6 is 0 Å². The molecule has 0 saturated heterocycles. The lowest BCUT2D eigenvalue weighted by molar-refractivity contribution is 0.732. The summed E-state index contributed by atoms with van der Waals surface area (Å²) in [6.07, 6.45) is 18.6. The zero-order chi connectivity index (χ0) is 20.6. The van der Waals surface area contributed by atoms with E-state index in [0.717, 1.165) is 24.9 Å². The molecule has 0 spiro atoms. The molecule has 1 atom stereocenters. The monoisotopic (exact) mass is 394 g/mol. The Kier molecular flexibility index (Phi) is 6.76. The largest absolute Gasteiger partial charge is 0.258 e. The summed E-state index contributed by atoms with van der Waals surface area (Å²) in [7, 11) is 0. The van der Waals surface area contributed by atoms with Gasteiger partial charge in [0.25, 0.3) is 0 Å². The van der Waals surface area contributed by atoms with Gasteiger partial charge in [-0.15, -0.1) is 0 Å². The topological polar surface area (TPSA) is 15.6 Å². The van der Waals surface area contributed by atoms with Crippen molar-refractivity contribution in [3.63, 3.8) is 0 Å². The number of nitrogens with zero attached hydrogens (tertiary/aromatic N) is 2. The Morgan fingerprint density at radius 1 is 1.00 bits per heavy atom. The van der Waals surface area contributed by atoms with Gasteiger partial charge in [0.1, 0.15) is 0 Å². The molecule has 2 aromatic rings. The highest BCUT2D eigenvalue weighted by Crippen LogP contribution is 2.33. The third kappa shape index (κ3) is 4.88. The van der Waals surface area contributed by atoms with Crippen LogP contribution in [-0.4, -0.2) is 11.8 Å². The number of unbranched alkanes of at least 4 members (excludes halogenated alkanes) is 1. The Labute approximate surface area is 180 Å². The van der Waals surface area contributed by atoms with Gasteiger partial charge in [0.05, 0.1) is 17.4 Å². The fraction of sp³-hybridized carbons (Fsp3) is 0.250. The van der Waals surface area contributed by atoms with Gasteiger partial charge in [0.15, 0.2) is 0 Å². The zero-order valence-electron chi connectivity index (χ0n) is 17.7. The molecule has 152 valence electrons. The van der Waals surface area contributed by atoms with Crippen LogP contribution in [0.1, 0.15) is 44.6 Å². The van der Waals surface area contributed by atoms with E-state index in [-0.39, 0.29) is 6.04 Å². The minimum Gasteiger partial charge on any atom is -0.258 e. The van der Waals surface area contributed by atoms with Crippen LogP contribution in [0.25, 0.3) is 6.08 Å². The summed E-state index contributed by atoms with van der Waals surface area (Å²) in [5.74, 6) is 0. The van der Waals surface area contributed by atoms with Crippen molar-refractivity contribution in [2.24, 2.45) is 5.10 Å². The van der Waals surface area contributed by atoms with Gasteiger partial charge in [-0.2, -0.15) is 5.10 Å². The molecule has 4 rings (SSSR count). The van der Waals surface area contributed by atoms with E-state index in [4.69, 9.17) is 5.10 Å².